The summed E-state index contributed by atoms with van der Waals surface area (Å²) in [4.78, 5) is 12.6. The molecule has 0 bridgehead atoms. The van der Waals surface area contributed by atoms with Crippen LogP contribution in [0.3, 0.4) is 0 Å². The van der Waals surface area contributed by atoms with Gasteiger partial charge in [-0.1, -0.05) is 6.07 Å². The monoisotopic (exact) mass is 497 g/mol. The quantitative estimate of drug-likeness (QED) is 0.557. The molecule has 0 aromatic heterocycles. The minimum absolute atomic E-state index is 0.0405. The summed E-state index contributed by atoms with van der Waals surface area (Å²) >= 11 is 0. The van der Waals surface area contributed by atoms with Gasteiger partial charge in [0.2, 0.25) is 26.0 Å². The van der Waals surface area contributed by atoms with E-state index in [0.29, 0.717) is 31.3 Å². The number of ether oxygens (including phenoxy) is 2. The van der Waals surface area contributed by atoms with Gasteiger partial charge in [-0.15, -0.1) is 0 Å². The number of hydrogen-bond acceptors (Lipinski definition) is 7. The van der Waals surface area contributed by atoms with E-state index in [-0.39, 0.29) is 23.7 Å². The number of hydrogen-bond donors (Lipinski definition) is 1. The average Bonchev–Trinajstić information content (AvgIpc) is 2.78. The molecule has 2 aromatic carbocycles. The molecule has 0 aliphatic carbocycles. The Morgan fingerprint density at radius 1 is 1.09 bits per heavy atom. The van der Waals surface area contributed by atoms with Gasteiger partial charge in [-0.3, -0.25) is 9.10 Å². The van der Waals surface area contributed by atoms with E-state index in [1.165, 1.54) is 28.6 Å². The molecule has 10 nitrogen and oxygen atoms in total. The molecule has 2 aromatic rings. The highest BCUT2D eigenvalue weighted by Gasteiger charge is 2.27. The van der Waals surface area contributed by atoms with Gasteiger partial charge in [0.05, 0.1) is 36.7 Å². The molecule has 1 saturated heterocycles. The maximum atomic E-state index is 12.8. The molecule has 12 heteroatoms. The Kier molecular flexibility index (Phi) is 7.95. The summed E-state index contributed by atoms with van der Waals surface area (Å²) in [7, 11) is -7.54. The van der Waals surface area contributed by atoms with Crippen molar-refractivity contribution in [1.82, 2.24) is 4.31 Å². The largest absolute Gasteiger partial charge is 0.494 e. The molecule has 3 rings (SSSR count). The summed E-state index contributed by atoms with van der Waals surface area (Å²) in [6, 6.07) is 12.2. The predicted octanol–water partition coefficient (Wildman–Crippen LogP) is 1.51. The molecule has 1 heterocycles. The van der Waals surface area contributed by atoms with E-state index in [4.69, 9.17) is 9.47 Å². The zero-order valence-corrected chi connectivity index (χ0v) is 20.1. The summed E-state index contributed by atoms with van der Waals surface area (Å²) in [5, 5.41) is 2.65. The molecule has 0 spiro atoms. The van der Waals surface area contributed by atoms with Crippen LogP contribution in [0.15, 0.2) is 53.4 Å². The molecule has 0 atom stereocenters. The van der Waals surface area contributed by atoms with Crippen LogP contribution in [-0.2, 0) is 29.6 Å². The van der Waals surface area contributed by atoms with Gasteiger partial charge < -0.3 is 14.8 Å². The average molecular weight is 498 g/mol. The lowest BCUT2D eigenvalue weighted by Gasteiger charge is -2.26. The Morgan fingerprint density at radius 2 is 1.76 bits per heavy atom. The molecule has 0 unspecified atom stereocenters. The zero-order chi connectivity index (χ0) is 24.1. The van der Waals surface area contributed by atoms with Crippen molar-refractivity contribution in [2.45, 2.75) is 11.8 Å². The van der Waals surface area contributed by atoms with Crippen LogP contribution in [0.1, 0.15) is 6.92 Å². The second-order valence-corrected chi connectivity index (χ2v) is 11.1. The normalized spacial score (nSPS) is 15.1. The smallest absolute Gasteiger partial charge is 0.245 e. The van der Waals surface area contributed by atoms with Gasteiger partial charge in [0, 0.05) is 24.8 Å². The number of anilines is 2. The fourth-order valence-corrected chi connectivity index (χ4v) is 5.55. The number of nitrogens with one attached hydrogen (secondary N) is 1. The molecule has 180 valence electrons. The van der Waals surface area contributed by atoms with Crippen molar-refractivity contribution in [3.8, 4) is 5.75 Å². The maximum absolute atomic E-state index is 12.8. The van der Waals surface area contributed by atoms with Crippen LogP contribution in [0.5, 0.6) is 5.75 Å². The van der Waals surface area contributed by atoms with Crippen molar-refractivity contribution >= 4 is 37.3 Å². The fourth-order valence-electron chi connectivity index (χ4n) is 3.28. The third-order valence-electron chi connectivity index (χ3n) is 4.85. The number of nitrogens with zero attached hydrogens (tertiary/aromatic N) is 2. The van der Waals surface area contributed by atoms with Gasteiger partial charge in [-0.05, 0) is 43.3 Å². The van der Waals surface area contributed by atoms with Crippen LogP contribution in [0.25, 0.3) is 0 Å². The Balaban J connectivity index is 1.76. The van der Waals surface area contributed by atoms with E-state index in [2.05, 4.69) is 5.32 Å². The van der Waals surface area contributed by atoms with Gasteiger partial charge in [0.15, 0.2) is 0 Å². The Hall–Kier alpha value is -2.67. The highest BCUT2D eigenvalue weighted by molar-refractivity contribution is 7.92. The van der Waals surface area contributed by atoms with Gasteiger partial charge in [0.25, 0.3) is 0 Å². The van der Waals surface area contributed by atoms with Crippen LogP contribution >= 0.6 is 0 Å². The number of amides is 1. The second-order valence-electron chi connectivity index (χ2n) is 7.29. The first-order valence-electron chi connectivity index (χ1n) is 10.3. The van der Waals surface area contributed by atoms with E-state index >= 15 is 0 Å². The standard InChI is InChI=1S/C21H27N3O7S2/c1-3-31-19-6-4-5-17(15-19)22-21(25)16-24(32(2,26)27)18-7-9-20(10-8-18)33(28,29)23-11-13-30-14-12-23/h4-10,15H,3,11-14,16H2,1-2H3,(H,22,25). The number of carbonyl (C=O) groups is 1. The van der Waals surface area contributed by atoms with Gasteiger partial charge in [-0.25, -0.2) is 16.8 Å². The molecular formula is C21H27N3O7S2. The van der Waals surface area contributed by atoms with E-state index in [9.17, 15) is 21.6 Å². The predicted molar refractivity (Wildman–Crippen MR) is 124 cm³/mol. The van der Waals surface area contributed by atoms with E-state index < -0.39 is 32.5 Å². The van der Waals surface area contributed by atoms with E-state index in [1.54, 1.807) is 24.3 Å². The van der Waals surface area contributed by atoms with Gasteiger partial charge in [-0.2, -0.15) is 4.31 Å². The second kappa shape index (κ2) is 10.5. The summed E-state index contributed by atoms with van der Waals surface area (Å²) in [5.41, 5.74) is 0.642. The van der Waals surface area contributed by atoms with Crippen LogP contribution < -0.4 is 14.4 Å². The van der Waals surface area contributed by atoms with Crippen LogP contribution in [0.4, 0.5) is 11.4 Å². The van der Waals surface area contributed by atoms with Crippen molar-refractivity contribution in [2.24, 2.45) is 0 Å². The molecule has 33 heavy (non-hydrogen) atoms. The Labute approximate surface area is 194 Å². The SMILES string of the molecule is CCOc1cccc(NC(=O)CN(c2ccc(S(=O)(=O)N3CCOCC3)cc2)S(C)(=O)=O)c1. The first kappa shape index (κ1) is 25.0. The highest BCUT2D eigenvalue weighted by atomic mass is 32.2. The van der Waals surface area contributed by atoms with Crippen molar-refractivity contribution in [2.75, 3.05) is 55.3 Å². The van der Waals surface area contributed by atoms with Crippen molar-refractivity contribution in [1.29, 1.82) is 0 Å². The molecular weight excluding hydrogens is 470 g/mol. The third-order valence-corrected chi connectivity index (χ3v) is 7.90. The summed E-state index contributed by atoms with van der Waals surface area (Å²) in [6.45, 7) is 2.98. The first-order valence-corrected chi connectivity index (χ1v) is 13.6. The van der Waals surface area contributed by atoms with Crippen molar-refractivity contribution < 1.29 is 31.1 Å². The van der Waals surface area contributed by atoms with Crippen LogP contribution in [-0.4, -0.2) is 72.8 Å². The number of sulfonamides is 2. The summed E-state index contributed by atoms with van der Waals surface area (Å²) in [6.07, 6.45) is 0.981. The molecule has 0 radical (unpaired) electrons. The summed E-state index contributed by atoms with van der Waals surface area (Å²) < 4.78 is 63.1. The molecule has 0 saturated carbocycles. The van der Waals surface area contributed by atoms with Crippen molar-refractivity contribution in [3.05, 3.63) is 48.5 Å². The van der Waals surface area contributed by atoms with Crippen LogP contribution in [0, 0.1) is 0 Å². The molecule has 1 N–H and O–H groups in total. The number of rotatable bonds is 9. The Bertz CT molecular complexity index is 1180. The summed E-state index contributed by atoms with van der Waals surface area (Å²) in [5.74, 6) is 0.0198. The minimum Gasteiger partial charge on any atom is -0.494 e. The lowest BCUT2D eigenvalue weighted by molar-refractivity contribution is -0.114. The van der Waals surface area contributed by atoms with E-state index in [0.717, 1.165) is 10.6 Å². The number of carbonyl (C=O) groups excluding carboxylic acids is 1. The van der Waals surface area contributed by atoms with Gasteiger partial charge in [0.1, 0.15) is 12.3 Å². The molecule has 1 amide bonds. The Morgan fingerprint density at radius 3 is 2.36 bits per heavy atom. The zero-order valence-electron chi connectivity index (χ0n) is 18.4. The lowest BCUT2D eigenvalue weighted by Crippen LogP contribution is -2.40. The number of benzene rings is 2. The van der Waals surface area contributed by atoms with Crippen LogP contribution in [0.2, 0.25) is 0 Å². The first-order chi connectivity index (χ1) is 15.6. The maximum Gasteiger partial charge on any atom is 0.245 e. The third kappa shape index (κ3) is 6.44. The van der Waals surface area contributed by atoms with E-state index in [1.807, 2.05) is 6.92 Å². The molecule has 1 aliphatic heterocycles. The fraction of sp³-hybridized carbons (Fsp3) is 0.381. The highest BCUT2D eigenvalue weighted by Crippen LogP contribution is 2.23. The topological polar surface area (TPSA) is 122 Å². The minimum atomic E-state index is -3.82. The lowest BCUT2D eigenvalue weighted by atomic mass is 10.3. The van der Waals surface area contributed by atoms with Gasteiger partial charge >= 0.3 is 0 Å². The van der Waals surface area contributed by atoms with Crippen molar-refractivity contribution in [3.63, 3.8) is 0 Å². The molecule has 1 aliphatic rings. The number of morpholine rings is 1. The molecule has 1 fully saturated rings.